The third-order valence-electron chi connectivity index (χ3n) is 1.91. The van der Waals surface area contributed by atoms with Gasteiger partial charge in [-0.3, -0.25) is 9.78 Å². The molecule has 0 aliphatic carbocycles. The third-order valence-corrected chi connectivity index (χ3v) is 1.91. The number of hydrogen-bond donors (Lipinski definition) is 0. The van der Waals surface area contributed by atoms with Crippen molar-refractivity contribution < 1.29 is 14.3 Å². The number of pyridine rings is 1. The van der Waals surface area contributed by atoms with Crippen molar-refractivity contribution in [2.75, 3.05) is 6.61 Å². The maximum Gasteiger partial charge on any atom is 0.316 e. The van der Waals surface area contributed by atoms with E-state index in [4.69, 9.17) is 4.74 Å². The van der Waals surface area contributed by atoms with Gasteiger partial charge in [0.1, 0.15) is 12.2 Å². The number of rotatable bonds is 5. The van der Waals surface area contributed by atoms with E-state index in [2.05, 4.69) is 4.98 Å². The lowest BCUT2D eigenvalue weighted by atomic mass is 10.1. The summed E-state index contributed by atoms with van der Waals surface area (Å²) in [5, 5.41) is 0. The Bertz CT molecular complexity index is 324. The number of esters is 1. The van der Waals surface area contributed by atoms with Crippen LogP contribution < -0.4 is 0 Å². The van der Waals surface area contributed by atoms with Crippen LogP contribution in [0.1, 0.15) is 12.6 Å². The van der Waals surface area contributed by atoms with E-state index >= 15 is 0 Å². The molecule has 0 spiro atoms. The average Bonchev–Trinajstić information content (AvgIpc) is 2.27. The molecule has 4 nitrogen and oxygen atoms in total. The molecule has 0 saturated heterocycles. The summed E-state index contributed by atoms with van der Waals surface area (Å²) < 4.78 is 4.77. The third kappa shape index (κ3) is 3.50. The van der Waals surface area contributed by atoms with Crippen LogP contribution >= 0.6 is 0 Å². The molecule has 0 radical (unpaired) electrons. The van der Waals surface area contributed by atoms with E-state index < -0.39 is 11.9 Å². The maximum absolute atomic E-state index is 11.3. The number of aromatic nitrogens is 1. The predicted molar refractivity (Wildman–Crippen MR) is 54.1 cm³/mol. The van der Waals surface area contributed by atoms with E-state index in [0.29, 0.717) is 18.4 Å². The molecule has 15 heavy (non-hydrogen) atoms. The van der Waals surface area contributed by atoms with Crippen molar-refractivity contribution in [1.29, 1.82) is 0 Å². The van der Waals surface area contributed by atoms with Crippen LogP contribution in [-0.4, -0.2) is 23.8 Å². The van der Waals surface area contributed by atoms with Gasteiger partial charge in [-0.25, -0.2) is 0 Å². The van der Waals surface area contributed by atoms with Crippen molar-refractivity contribution in [3.8, 4) is 0 Å². The maximum atomic E-state index is 11.3. The molecule has 0 aliphatic rings. The zero-order valence-electron chi connectivity index (χ0n) is 8.55. The van der Waals surface area contributed by atoms with Gasteiger partial charge in [-0.15, -0.1) is 0 Å². The lowest BCUT2D eigenvalue weighted by molar-refractivity contribution is -0.149. The Balaban J connectivity index is 2.62. The Morgan fingerprint density at radius 3 is 2.93 bits per heavy atom. The minimum Gasteiger partial charge on any atom is -0.465 e. The summed E-state index contributed by atoms with van der Waals surface area (Å²) in [5.41, 5.74) is 0.711. The average molecular weight is 207 g/mol. The molecule has 1 aromatic heterocycles. The minimum absolute atomic E-state index is 0.283. The Morgan fingerprint density at radius 1 is 1.60 bits per heavy atom. The van der Waals surface area contributed by atoms with Crippen LogP contribution in [0, 0.1) is 5.92 Å². The van der Waals surface area contributed by atoms with Gasteiger partial charge in [0.05, 0.1) is 6.61 Å². The van der Waals surface area contributed by atoms with Crippen LogP contribution in [0.4, 0.5) is 0 Å². The van der Waals surface area contributed by atoms with Crippen LogP contribution in [-0.2, 0) is 20.7 Å². The van der Waals surface area contributed by atoms with E-state index in [-0.39, 0.29) is 6.61 Å². The quantitative estimate of drug-likeness (QED) is 0.410. The molecule has 80 valence electrons. The summed E-state index contributed by atoms with van der Waals surface area (Å²) in [5.74, 6) is -1.24. The van der Waals surface area contributed by atoms with Crippen molar-refractivity contribution in [1.82, 2.24) is 4.98 Å². The number of nitrogens with zero attached hydrogens (tertiary/aromatic N) is 1. The SMILES string of the molecule is CCOC(=O)C(C=O)Cc1ccccn1. The molecule has 1 heterocycles. The highest BCUT2D eigenvalue weighted by Gasteiger charge is 2.19. The summed E-state index contributed by atoms with van der Waals surface area (Å²) in [6.07, 6.45) is 2.53. The molecular formula is C11H13NO3. The summed E-state index contributed by atoms with van der Waals surface area (Å²) in [4.78, 5) is 26.0. The van der Waals surface area contributed by atoms with Gasteiger partial charge in [0.2, 0.25) is 0 Å². The molecule has 0 aromatic carbocycles. The Kier molecular flexibility index (Phi) is 4.47. The number of aldehydes is 1. The number of carbonyl (C=O) groups is 2. The lowest BCUT2D eigenvalue weighted by Crippen LogP contribution is -2.21. The first-order valence-corrected chi connectivity index (χ1v) is 4.79. The molecule has 0 fully saturated rings. The highest BCUT2D eigenvalue weighted by molar-refractivity contribution is 5.87. The van der Waals surface area contributed by atoms with Crippen LogP contribution in [0.15, 0.2) is 24.4 Å². The van der Waals surface area contributed by atoms with Gasteiger partial charge in [0.25, 0.3) is 0 Å². The Morgan fingerprint density at radius 2 is 2.40 bits per heavy atom. The molecule has 1 rings (SSSR count). The predicted octanol–water partition coefficient (Wildman–Crippen LogP) is 1.00. The number of hydrogen-bond acceptors (Lipinski definition) is 4. The molecule has 0 amide bonds. The van der Waals surface area contributed by atoms with Crippen LogP contribution in [0.5, 0.6) is 0 Å². The summed E-state index contributed by atoms with van der Waals surface area (Å²) in [7, 11) is 0. The summed E-state index contributed by atoms with van der Waals surface area (Å²) in [6.45, 7) is 1.99. The van der Waals surface area contributed by atoms with E-state index in [1.807, 2.05) is 6.07 Å². The smallest absolute Gasteiger partial charge is 0.316 e. The van der Waals surface area contributed by atoms with E-state index in [0.717, 1.165) is 0 Å². The second-order valence-corrected chi connectivity index (χ2v) is 3.02. The van der Waals surface area contributed by atoms with Crippen LogP contribution in [0.3, 0.4) is 0 Å². The fourth-order valence-corrected chi connectivity index (χ4v) is 1.18. The van der Waals surface area contributed by atoms with Crippen molar-refractivity contribution >= 4 is 12.3 Å². The fourth-order valence-electron chi connectivity index (χ4n) is 1.18. The largest absolute Gasteiger partial charge is 0.465 e. The first kappa shape index (κ1) is 11.4. The Hall–Kier alpha value is -1.71. The molecule has 0 N–H and O–H groups in total. The summed E-state index contributed by atoms with van der Waals surface area (Å²) in [6, 6.07) is 5.37. The van der Waals surface area contributed by atoms with Crippen molar-refractivity contribution in [2.45, 2.75) is 13.3 Å². The highest BCUT2D eigenvalue weighted by atomic mass is 16.5. The zero-order valence-corrected chi connectivity index (χ0v) is 8.55. The van der Waals surface area contributed by atoms with Gasteiger partial charge in [0.15, 0.2) is 0 Å². The minimum atomic E-state index is -0.750. The monoisotopic (exact) mass is 207 g/mol. The lowest BCUT2D eigenvalue weighted by Gasteiger charge is -2.08. The molecule has 1 aromatic rings. The number of ether oxygens (including phenoxy) is 1. The van der Waals surface area contributed by atoms with Gasteiger partial charge in [0, 0.05) is 18.3 Å². The van der Waals surface area contributed by atoms with E-state index in [1.165, 1.54) is 0 Å². The van der Waals surface area contributed by atoms with Gasteiger partial charge >= 0.3 is 5.97 Å². The molecule has 0 saturated carbocycles. The molecule has 1 atom stereocenters. The fraction of sp³-hybridized carbons (Fsp3) is 0.364. The Labute approximate surface area is 88.3 Å². The molecule has 0 bridgehead atoms. The van der Waals surface area contributed by atoms with Crippen molar-refractivity contribution in [3.63, 3.8) is 0 Å². The number of carbonyl (C=O) groups excluding carboxylic acids is 2. The van der Waals surface area contributed by atoms with Crippen LogP contribution in [0.25, 0.3) is 0 Å². The van der Waals surface area contributed by atoms with E-state index in [1.54, 1.807) is 25.3 Å². The summed E-state index contributed by atoms with van der Waals surface area (Å²) >= 11 is 0. The van der Waals surface area contributed by atoms with Gasteiger partial charge in [-0.2, -0.15) is 0 Å². The van der Waals surface area contributed by atoms with E-state index in [9.17, 15) is 9.59 Å². The van der Waals surface area contributed by atoms with Crippen molar-refractivity contribution in [2.24, 2.45) is 5.92 Å². The second kappa shape index (κ2) is 5.90. The molecule has 1 unspecified atom stereocenters. The standard InChI is InChI=1S/C11H13NO3/c1-2-15-11(14)9(8-13)7-10-5-3-4-6-12-10/h3-6,8-9H,2,7H2,1H3. The molecule has 0 aliphatic heterocycles. The van der Waals surface area contributed by atoms with Gasteiger partial charge < -0.3 is 9.53 Å². The normalized spacial score (nSPS) is 11.8. The zero-order chi connectivity index (χ0) is 11.1. The first-order valence-electron chi connectivity index (χ1n) is 4.79. The second-order valence-electron chi connectivity index (χ2n) is 3.02. The topological polar surface area (TPSA) is 56.3 Å². The van der Waals surface area contributed by atoms with Crippen molar-refractivity contribution in [3.05, 3.63) is 30.1 Å². The van der Waals surface area contributed by atoms with Gasteiger partial charge in [-0.05, 0) is 19.1 Å². The molecular weight excluding hydrogens is 194 g/mol. The first-order chi connectivity index (χ1) is 7.27. The van der Waals surface area contributed by atoms with Crippen LogP contribution in [0.2, 0.25) is 0 Å². The highest BCUT2D eigenvalue weighted by Crippen LogP contribution is 2.05. The van der Waals surface area contributed by atoms with Gasteiger partial charge in [-0.1, -0.05) is 6.07 Å². The molecule has 4 heteroatoms.